The molecule has 2 rings (SSSR count). The molecule has 0 saturated heterocycles. The Morgan fingerprint density at radius 1 is 1.20 bits per heavy atom. The maximum Gasteiger partial charge on any atom is 0.315 e. The van der Waals surface area contributed by atoms with Gasteiger partial charge >= 0.3 is 5.97 Å². The third-order valence-corrected chi connectivity index (χ3v) is 3.33. The smallest absolute Gasteiger partial charge is 0.315 e. The van der Waals surface area contributed by atoms with Crippen LogP contribution in [0.4, 0.5) is 0 Å². The number of hydrogen-bond acceptors (Lipinski definition) is 3. The number of aromatic nitrogens is 1. The fraction of sp³-hybridized carbons (Fsp3) is 0.294. The largest absolute Gasteiger partial charge is 0.465 e. The zero-order valence-electron chi connectivity index (χ0n) is 12.1. The minimum Gasteiger partial charge on any atom is -0.465 e. The van der Waals surface area contributed by atoms with Gasteiger partial charge in [-0.15, -0.1) is 0 Å². The molecule has 0 N–H and O–H groups in total. The van der Waals surface area contributed by atoms with Gasteiger partial charge in [-0.3, -0.25) is 9.78 Å². The van der Waals surface area contributed by atoms with Crippen LogP contribution in [0.2, 0.25) is 0 Å². The van der Waals surface area contributed by atoms with E-state index in [-0.39, 0.29) is 5.97 Å². The van der Waals surface area contributed by atoms with E-state index in [2.05, 4.69) is 4.98 Å². The van der Waals surface area contributed by atoms with Crippen LogP contribution in [0.1, 0.15) is 26.3 Å². The van der Waals surface area contributed by atoms with Gasteiger partial charge in [0.25, 0.3) is 0 Å². The lowest BCUT2D eigenvalue weighted by Gasteiger charge is -2.23. The minimum atomic E-state index is -0.666. The number of nitrogens with zero attached hydrogens (tertiary/aromatic N) is 1. The Morgan fingerprint density at radius 2 is 2.00 bits per heavy atom. The molecule has 0 spiro atoms. The molecule has 0 unspecified atom stereocenters. The third-order valence-electron chi connectivity index (χ3n) is 3.33. The zero-order valence-corrected chi connectivity index (χ0v) is 12.1. The van der Waals surface area contributed by atoms with Gasteiger partial charge in [-0.25, -0.2) is 0 Å². The van der Waals surface area contributed by atoms with Crippen molar-refractivity contribution in [1.82, 2.24) is 4.98 Å². The van der Waals surface area contributed by atoms with Gasteiger partial charge in [-0.1, -0.05) is 24.3 Å². The molecule has 0 fully saturated rings. The van der Waals surface area contributed by atoms with Crippen molar-refractivity contribution >= 4 is 5.97 Å². The quantitative estimate of drug-likeness (QED) is 0.796. The van der Waals surface area contributed by atoms with Crippen LogP contribution in [-0.2, 0) is 14.9 Å². The van der Waals surface area contributed by atoms with Crippen LogP contribution in [0, 0.1) is 0 Å². The summed E-state index contributed by atoms with van der Waals surface area (Å²) in [6, 6.07) is 13.7. The van der Waals surface area contributed by atoms with Gasteiger partial charge in [0.15, 0.2) is 0 Å². The van der Waals surface area contributed by atoms with E-state index < -0.39 is 5.41 Å². The molecule has 0 aliphatic carbocycles. The molecule has 3 heteroatoms. The highest BCUT2D eigenvalue weighted by Gasteiger charge is 2.31. The van der Waals surface area contributed by atoms with Crippen molar-refractivity contribution in [3.05, 3.63) is 54.2 Å². The summed E-state index contributed by atoms with van der Waals surface area (Å²) in [5.41, 5.74) is 2.16. The Hall–Kier alpha value is -2.16. The molecular formula is C17H19NO2. The van der Waals surface area contributed by atoms with Gasteiger partial charge in [0, 0.05) is 11.8 Å². The number of ether oxygens (including phenoxy) is 1. The highest BCUT2D eigenvalue weighted by atomic mass is 16.5. The number of hydrogen-bond donors (Lipinski definition) is 0. The molecule has 0 aliphatic rings. The average molecular weight is 269 g/mol. The molecule has 0 atom stereocenters. The highest BCUT2D eigenvalue weighted by molar-refractivity contribution is 5.82. The first-order chi connectivity index (χ1) is 9.55. The van der Waals surface area contributed by atoms with Crippen LogP contribution in [0.25, 0.3) is 11.3 Å². The van der Waals surface area contributed by atoms with Crippen LogP contribution in [0.15, 0.2) is 48.7 Å². The number of carbonyl (C=O) groups is 1. The average Bonchev–Trinajstić information content (AvgIpc) is 2.48. The van der Waals surface area contributed by atoms with Gasteiger partial charge in [0.2, 0.25) is 0 Å². The Kier molecular flexibility index (Phi) is 4.18. The molecule has 0 bridgehead atoms. The Bertz CT molecular complexity index is 591. The highest BCUT2D eigenvalue weighted by Crippen LogP contribution is 2.28. The summed E-state index contributed by atoms with van der Waals surface area (Å²) in [7, 11) is 0. The fourth-order valence-electron chi connectivity index (χ4n) is 2.03. The van der Waals surface area contributed by atoms with Crippen molar-refractivity contribution < 1.29 is 9.53 Å². The van der Waals surface area contributed by atoms with Crippen molar-refractivity contribution in [2.75, 3.05) is 6.61 Å². The summed E-state index contributed by atoms with van der Waals surface area (Å²) >= 11 is 0. The second kappa shape index (κ2) is 5.87. The second-order valence-electron chi connectivity index (χ2n) is 5.14. The molecule has 1 aromatic carbocycles. The Labute approximate surface area is 119 Å². The molecule has 104 valence electrons. The second-order valence-corrected chi connectivity index (χ2v) is 5.14. The molecule has 20 heavy (non-hydrogen) atoms. The van der Waals surface area contributed by atoms with E-state index in [1.165, 1.54) is 0 Å². The summed E-state index contributed by atoms with van der Waals surface area (Å²) in [6.45, 7) is 5.96. The molecule has 1 heterocycles. The number of carbonyl (C=O) groups excluding carboxylic acids is 1. The van der Waals surface area contributed by atoms with Crippen molar-refractivity contribution in [2.45, 2.75) is 26.2 Å². The van der Waals surface area contributed by atoms with Gasteiger partial charge < -0.3 is 4.74 Å². The lowest BCUT2D eigenvalue weighted by atomic mass is 9.83. The molecule has 2 aromatic rings. The van der Waals surface area contributed by atoms with Crippen LogP contribution in [-0.4, -0.2) is 17.6 Å². The van der Waals surface area contributed by atoms with E-state index in [0.29, 0.717) is 6.61 Å². The standard InChI is InChI=1S/C17H19NO2/c1-4-20-16(19)17(2,3)14-9-7-8-13(12-14)15-10-5-6-11-18-15/h5-12H,4H2,1-3H3. The van der Waals surface area contributed by atoms with E-state index in [1.807, 2.05) is 63.2 Å². The monoisotopic (exact) mass is 269 g/mol. The van der Waals surface area contributed by atoms with E-state index in [0.717, 1.165) is 16.8 Å². The summed E-state index contributed by atoms with van der Waals surface area (Å²) in [5, 5.41) is 0. The molecule has 3 nitrogen and oxygen atoms in total. The first kappa shape index (κ1) is 14.3. The van der Waals surface area contributed by atoms with Crippen molar-refractivity contribution in [3.63, 3.8) is 0 Å². The predicted molar refractivity (Wildman–Crippen MR) is 79.3 cm³/mol. The van der Waals surface area contributed by atoms with E-state index in [9.17, 15) is 4.79 Å². The maximum absolute atomic E-state index is 12.1. The molecular weight excluding hydrogens is 250 g/mol. The molecule has 0 saturated carbocycles. The van der Waals surface area contributed by atoms with E-state index in [1.54, 1.807) is 6.20 Å². The topological polar surface area (TPSA) is 39.2 Å². The van der Waals surface area contributed by atoms with Crippen molar-refractivity contribution in [3.8, 4) is 11.3 Å². The molecule has 0 radical (unpaired) electrons. The number of rotatable bonds is 4. The predicted octanol–water partition coefficient (Wildman–Crippen LogP) is 3.59. The summed E-state index contributed by atoms with van der Waals surface area (Å²) < 4.78 is 5.15. The van der Waals surface area contributed by atoms with Crippen LogP contribution >= 0.6 is 0 Å². The normalized spacial score (nSPS) is 11.2. The van der Waals surface area contributed by atoms with E-state index in [4.69, 9.17) is 4.74 Å². The van der Waals surface area contributed by atoms with Gasteiger partial charge in [0.05, 0.1) is 17.7 Å². The summed E-state index contributed by atoms with van der Waals surface area (Å²) in [4.78, 5) is 16.4. The van der Waals surface area contributed by atoms with E-state index >= 15 is 0 Å². The Morgan fingerprint density at radius 3 is 2.65 bits per heavy atom. The van der Waals surface area contributed by atoms with Gasteiger partial charge in [-0.05, 0) is 44.5 Å². The van der Waals surface area contributed by atoms with Crippen molar-refractivity contribution in [2.24, 2.45) is 0 Å². The SMILES string of the molecule is CCOC(=O)C(C)(C)c1cccc(-c2ccccn2)c1. The fourth-order valence-corrected chi connectivity index (χ4v) is 2.03. The van der Waals surface area contributed by atoms with Gasteiger partial charge in [0.1, 0.15) is 0 Å². The van der Waals surface area contributed by atoms with Crippen molar-refractivity contribution in [1.29, 1.82) is 0 Å². The Balaban J connectivity index is 2.37. The summed E-state index contributed by atoms with van der Waals surface area (Å²) in [6.07, 6.45) is 1.76. The number of benzene rings is 1. The molecule has 0 aliphatic heterocycles. The lowest BCUT2D eigenvalue weighted by molar-refractivity contribution is -0.148. The third kappa shape index (κ3) is 2.87. The lowest BCUT2D eigenvalue weighted by Crippen LogP contribution is -2.31. The minimum absolute atomic E-state index is 0.210. The first-order valence-electron chi connectivity index (χ1n) is 6.75. The van der Waals surface area contributed by atoms with Crippen LogP contribution < -0.4 is 0 Å². The maximum atomic E-state index is 12.1. The van der Waals surface area contributed by atoms with Crippen LogP contribution in [0.5, 0.6) is 0 Å². The van der Waals surface area contributed by atoms with Gasteiger partial charge in [-0.2, -0.15) is 0 Å². The molecule has 1 aromatic heterocycles. The number of pyridine rings is 1. The zero-order chi connectivity index (χ0) is 14.6. The van der Waals surface area contributed by atoms with Crippen LogP contribution in [0.3, 0.4) is 0 Å². The number of esters is 1. The first-order valence-corrected chi connectivity index (χ1v) is 6.75. The summed E-state index contributed by atoms with van der Waals surface area (Å²) in [5.74, 6) is -0.210. The molecule has 0 amide bonds.